The Morgan fingerprint density at radius 3 is 1.57 bits per heavy atom. The number of ether oxygens (including phenoxy) is 2. The number of aliphatic hydroxyl groups excluding tert-OH is 1. The maximum atomic E-state index is 14.9. The molecule has 2 N–H and O–H groups in total. The molecule has 0 radical (unpaired) electrons. The number of carbonyl (C=O) groups excluding carboxylic acids is 2. The predicted molar refractivity (Wildman–Crippen MR) is 199 cm³/mol. The second-order valence-corrected chi connectivity index (χ2v) is 16.7. The first-order chi connectivity index (χ1) is 24.0. The van der Waals surface area contributed by atoms with Gasteiger partial charge in [-0.1, -0.05) is 109 Å². The molecular weight excluding hydrogens is 665 g/mol. The van der Waals surface area contributed by atoms with Crippen molar-refractivity contribution < 1.29 is 32.6 Å². The molecule has 0 fully saturated rings. The van der Waals surface area contributed by atoms with Gasteiger partial charge >= 0.3 is 12.2 Å². The molecule has 0 aromatic heterocycles. The van der Waals surface area contributed by atoms with Crippen LogP contribution >= 0.6 is 0 Å². The van der Waals surface area contributed by atoms with Crippen molar-refractivity contribution in [3.63, 3.8) is 0 Å². The van der Waals surface area contributed by atoms with Crippen molar-refractivity contribution in [3.05, 3.63) is 138 Å². The fourth-order valence-corrected chi connectivity index (χ4v) is 7.89. The van der Waals surface area contributed by atoms with E-state index in [0.29, 0.717) is 0 Å². The van der Waals surface area contributed by atoms with Crippen LogP contribution in [0, 0.1) is 0 Å². The first-order valence-corrected chi connectivity index (χ1v) is 18.7. The highest BCUT2D eigenvalue weighted by atomic mass is 32.2. The van der Waals surface area contributed by atoms with Gasteiger partial charge in [-0.05, 0) is 83.2 Å². The molecule has 0 saturated carbocycles. The van der Waals surface area contributed by atoms with E-state index >= 15 is 0 Å². The maximum absolute atomic E-state index is 14.9. The molecule has 2 unspecified atom stereocenters. The summed E-state index contributed by atoms with van der Waals surface area (Å²) < 4.78 is 41.4. The zero-order valence-corrected chi connectivity index (χ0v) is 31.0. The molecule has 0 aliphatic heterocycles. The number of aliphatic hydroxyl groups is 1. The zero-order valence-electron chi connectivity index (χ0n) is 30.2. The van der Waals surface area contributed by atoms with Gasteiger partial charge in [0.25, 0.3) is 0 Å². The smallest absolute Gasteiger partial charge is 0.410 e. The molecule has 0 spiro atoms. The Morgan fingerprint density at radius 1 is 0.667 bits per heavy atom. The largest absolute Gasteiger partial charge is 0.444 e. The fourth-order valence-electron chi connectivity index (χ4n) is 5.89. The molecule has 0 saturated heterocycles. The molecule has 0 aliphatic rings. The Kier molecular flexibility index (Phi) is 13.1. The highest BCUT2D eigenvalue weighted by molar-refractivity contribution is 7.92. The topological polar surface area (TPSA) is 122 Å². The van der Waals surface area contributed by atoms with E-state index in [1.807, 2.05) is 91.0 Å². The van der Waals surface area contributed by atoms with Crippen LogP contribution < -0.4 is 5.32 Å². The highest BCUT2D eigenvalue weighted by Gasteiger charge is 2.47. The zero-order chi connectivity index (χ0) is 37.2. The van der Waals surface area contributed by atoms with Crippen LogP contribution in [0.5, 0.6) is 0 Å². The van der Waals surface area contributed by atoms with Crippen LogP contribution in [0.3, 0.4) is 0 Å². The lowest BCUT2D eigenvalue weighted by atomic mass is 9.92. The lowest BCUT2D eigenvalue weighted by molar-refractivity contribution is -0.0120. The van der Waals surface area contributed by atoms with Crippen LogP contribution in [0.1, 0.15) is 58.2 Å². The average molecular weight is 715 g/mol. The summed E-state index contributed by atoms with van der Waals surface area (Å²) in [4.78, 5) is 29.0. The van der Waals surface area contributed by atoms with Crippen molar-refractivity contribution in [2.45, 2.75) is 100 Å². The Bertz CT molecular complexity index is 1790. The van der Waals surface area contributed by atoms with Crippen molar-refractivity contribution in [3.8, 4) is 0 Å². The molecule has 4 atom stereocenters. The summed E-state index contributed by atoms with van der Waals surface area (Å²) in [5.41, 5.74) is 0.472. The van der Waals surface area contributed by atoms with Crippen molar-refractivity contribution in [2.24, 2.45) is 0 Å². The van der Waals surface area contributed by atoms with E-state index in [9.17, 15) is 23.1 Å². The second-order valence-electron chi connectivity index (χ2n) is 14.6. The molecule has 0 bridgehead atoms. The summed E-state index contributed by atoms with van der Waals surface area (Å²) in [6, 6.07) is 33.1. The van der Waals surface area contributed by atoms with Gasteiger partial charge in [-0.3, -0.25) is 4.90 Å². The van der Waals surface area contributed by atoms with Crippen LogP contribution in [-0.2, 0) is 38.7 Å². The molecule has 2 amide bonds. The number of benzene rings is 4. The van der Waals surface area contributed by atoms with Crippen LogP contribution in [0.2, 0.25) is 0 Å². The number of nitrogens with zero attached hydrogens (tertiary/aromatic N) is 1. The minimum Gasteiger partial charge on any atom is -0.444 e. The van der Waals surface area contributed by atoms with Crippen molar-refractivity contribution in [1.29, 1.82) is 0 Å². The van der Waals surface area contributed by atoms with Crippen LogP contribution in [0.4, 0.5) is 9.59 Å². The summed E-state index contributed by atoms with van der Waals surface area (Å²) in [6.45, 7) is 10.4. The predicted octanol–water partition coefficient (Wildman–Crippen LogP) is 7.37. The minimum absolute atomic E-state index is 0.0191. The molecule has 0 heterocycles. The number of nitrogens with one attached hydrogen (secondary N) is 1. The molecule has 4 aromatic rings. The number of alkyl carbamates (subject to hydrolysis) is 1. The standard InChI is InChI=1S/C41H50N2O7S/c1-40(2,3)49-38(45)42-34(27-30-19-11-7-12-20-30)37(51(47,48)33-25-17-10-18-26-33)36(44)35(28-31-21-13-8-14-22-31)43(39(46)50-41(4,5)6)29-32-23-15-9-16-24-32/h7-26,34-37,44H,27-29H2,1-6H3,(H,42,45)/t34-,35-,36?,37?/m0/s1. The number of amides is 2. The van der Waals surface area contributed by atoms with E-state index in [0.717, 1.165) is 16.7 Å². The SMILES string of the molecule is CC(C)(C)OC(=O)N[C@@H](Cc1ccccc1)C(C(O)[C@H](Cc1ccccc1)N(Cc1ccccc1)C(=O)OC(C)(C)C)S(=O)(=O)c1ccccc1. The Balaban J connectivity index is 1.95. The van der Waals surface area contributed by atoms with Gasteiger partial charge in [0.05, 0.1) is 23.1 Å². The van der Waals surface area contributed by atoms with E-state index in [1.165, 1.54) is 17.0 Å². The number of sulfone groups is 1. The fraction of sp³-hybridized carbons (Fsp3) is 0.366. The third-order valence-corrected chi connectivity index (χ3v) is 10.3. The summed E-state index contributed by atoms with van der Waals surface area (Å²) in [6.07, 6.45) is -3.18. The van der Waals surface area contributed by atoms with Gasteiger partial charge in [-0.25, -0.2) is 18.0 Å². The average Bonchev–Trinajstić information content (AvgIpc) is 3.06. The molecule has 4 rings (SSSR count). The normalized spacial score (nSPS) is 14.4. The third-order valence-electron chi connectivity index (χ3n) is 8.07. The number of hydrogen-bond acceptors (Lipinski definition) is 7. The van der Waals surface area contributed by atoms with Gasteiger partial charge in [0.15, 0.2) is 9.84 Å². The van der Waals surface area contributed by atoms with Gasteiger partial charge in [0.1, 0.15) is 16.5 Å². The van der Waals surface area contributed by atoms with Crippen LogP contribution in [0.15, 0.2) is 126 Å². The van der Waals surface area contributed by atoms with Gasteiger partial charge in [-0.2, -0.15) is 0 Å². The van der Waals surface area contributed by atoms with Gasteiger partial charge < -0.3 is 19.9 Å². The molecule has 4 aromatic carbocycles. The number of rotatable bonds is 13. The lowest BCUT2D eigenvalue weighted by Gasteiger charge is -2.41. The van der Waals surface area contributed by atoms with E-state index in [-0.39, 0.29) is 24.3 Å². The van der Waals surface area contributed by atoms with E-state index < -0.39 is 56.7 Å². The summed E-state index contributed by atoms with van der Waals surface area (Å²) in [5.74, 6) is 0. The van der Waals surface area contributed by atoms with Gasteiger partial charge in [0, 0.05) is 6.54 Å². The Morgan fingerprint density at radius 2 is 1.10 bits per heavy atom. The molecular formula is C41H50N2O7S. The maximum Gasteiger partial charge on any atom is 0.410 e. The van der Waals surface area contributed by atoms with Crippen molar-refractivity contribution in [2.75, 3.05) is 0 Å². The van der Waals surface area contributed by atoms with Crippen molar-refractivity contribution in [1.82, 2.24) is 10.2 Å². The molecule has 272 valence electrons. The molecule has 0 aliphatic carbocycles. The van der Waals surface area contributed by atoms with E-state index in [2.05, 4.69) is 5.32 Å². The van der Waals surface area contributed by atoms with Gasteiger partial charge in [-0.15, -0.1) is 0 Å². The highest BCUT2D eigenvalue weighted by Crippen LogP contribution is 2.30. The van der Waals surface area contributed by atoms with Crippen LogP contribution in [-0.4, -0.2) is 65.3 Å². The first kappa shape index (κ1) is 39.1. The first-order valence-electron chi connectivity index (χ1n) is 17.1. The van der Waals surface area contributed by atoms with E-state index in [1.54, 1.807) is 59.7 Å². The Labute approximate surface area is 302 Å². The summed E-state index contributed by atoms with van der Waals surface area (Å²) in [7, 11) is -4.41. The van der Waals surface area contributed by atoms with Gasteiger partial charge in [0.2, 0.25) is 0 Å². The van der Waals surface area contributed by atoms with Crippen molar-refractivity contribution >= 4 is 22.0 Å². The quantitative estimate of drug-likeness (QED) is 0.148. The number of carbonyl (C=O) groups is 2. The lowest BCUT2D eigenvalue weighted by Crippen LogP contribution is -2.61. The van der Waals surface area contributed by atoms with Crippen LogP contribution in [0.25, 0.3) is 0 Å². The third kappa shape index (κ3) is 11.7. The monoisotopic (exact) mass is 714 g/mol. The summed E-state index contributed by atoms with van der Waals surface area (Å²) in [5, 5.41) is 14.0. The molecule has 10 heteroatoms. The second kappa shape index (κ2) is 17.0. The van der Waals surface area contributed by atoms with E-state index in [4.69, 9.17) is 9.47 Å². The summed E-state index contributed by atoms with van der Waals surface area (Å²) >= 11 is 0. The molecule has 51 heavy (non-hydrogen) atoms. The number of hydrogen-bond donors (Lipinski definition) is 2. The Hall–Kier alpha value is -4.67. The molecule has 9 nitrogen and oxygen atoms in total. The minimum atomic E-state index is -4.41.